The first kappa shape index (κ1) is 15.1. The van der Waals surface area contributed by atoms with E-state index < -0.39 is 0 Å². The van der Waals surface area contributed by atoms with Crippen LogP contribution in [0.5, 0.6) is 11.5 Å². The van der Waals surface area contributed by atoms with Crippen LogP contribution in [0, 0.1) is 0 Å². The van der Waals surface area contributed by atoms with Crippen LogP contribution in [0.25, 0.3) is 0 Å². The normalized spacial score (nSPS) is 19.5. The van der Waals surface area contributed by atoms with Gasteiger partial charge in [0.2, 0.25) is 5.91 Å². The summed E-state index contributed by atoms with van der Waals surface area (Å²) in [5.41, 5.74) is 2.08. The molecule has 1 aromatic heterocycles. The number of hydrogen-bond donors (Lipinski definition) is 0. The molecule has 6 heteroatoms. The van der Waals surface area contributed by atoms with E-state index in [2.05, 4.69) is 5.10 Å². The van der Waals surface area contributed by atoms with Crippen LogP contribution >= 0.6 is 0 Å². The molecule has 1 aromatic carbocycles. The SMILES string of the molecule is Cn1cc([C@@H]2CCCN2C(=O)Cc2ccc3c(c2)OCCO3)cn1. The molecule has 1 fully saturated rings. The number of fused-ring (bicyclic) bond motifs is 1. The third-order valence-corrected chi connectivity index (χ3v) is 4.64. The maximum absolute atomic E-state index is 12.8. The Hall–Kier alpha value is -2.50. The van der Waals surface area contributed by atoms with Gasteiger partial charge in [-0.05, 0) is 30.5 Å². The minimum absolute atomic E-state index is 0.142. The Bertz CT molecular complexity index is 756. The summed E-state index contributed by atoms with van der Waals surface area (Å²) in [6, 6.07) is 5.89. The fourth-order valence-electron chi connectivity index (χ4n) is 3.50. The molecule has 3 heterocycles. The van der Waals surface area contributed by atoms with E-state index in [0.717, 1.165) is 42.0 Å². The highest BCUT2D eigenvalue weighted by Crippen LogP contribution is 2.34. The Morgan fingerprint density at radius 2 is 2.12 bits per heavy atom. The van der Waals surface area contributed by atoms with Gasteiger partial charge < -0.3 is 14.4 Å². The van der Waals surface area contributed by atoms with Crippen molar-refractivity contribution in [1.82, 2.24) is 14.7 Å². The Morgan fingerprint density at radius 3 is 2.92 bits per heavy atom. The van der Waals surface area contributed by atoms with Gasteiger partial charge in [-0.15, -0.1) is 0 Å². The second-order valence-electron chi connectivity index (χ2n) is 6.35. The van der Waals surface area contributed by atoms with Crippen LogP contribution in [0.2, 0.25) is 0 Å². The number of hydrogen-bond acceptors (Lipinski definition) is 4. The Labute approximate surface area is 141 Å². The summed E-state index contributed by atoms with van der Waals surface area (Å²) < 4.78 is 12.9. The lowest BCUT2D eigenvalue weighted by molar-refractivity contribution is -0.131. The molecule has 0 N–H and O–H groups in total. The first-order valence-corrected chi connectivity index (χ1v) is 8.37. The fraction of sp³-hybridized carbons (Fsp3) is 0.444. The molecule has 0 spiro atoms. The monoisotopic (exact) mass is 327 g/mol. The highest BCUT2D eigenvalue weighted by atomic mass is 16.6. The van der Waals surface area contributed by atoms with Gasteiger partial charge in [-0.1, -0.05) is 6.07 Å². The van der Waals surface area contributed by atoms with Gasteiger partial charge in [0.15, 0.2) is 11.5 Å². The molecular weight excluding hydrogens is 306 g/mol. The van der Waals surface area contributed by atoms with E-state index in [9.17, 15) is 4.79 Å². The predicted molar refractivity (Wildman–Crippen MR) is 88.0 cm³/mol. The van der Waals surface area contributed by atoms with Gasteiger partial charge in [0.1, 0.15) is 13.2 Å². The lowest BCUT2D eigenvalue weighted by atomic mass is 10.1. The Kier molecular flexibility index (Phi) is 3.88. The Balaban J connectivity index is 1.49. The summed E-state index contributed by atoms with van der Waals surface area (Å²) in [7, 11) is 1.90. The average Bonchev–Trinajstić information content (AvgIpc) is 3.23. The molecular formula is C18H21N3O3. The van der Waals surface area contributed by atoms with Crippen molar-refractivity contribution in [3.8, 4) is 11.5 Å². The van der Waals surface area contributed by atoms with Gasteiger partial charge in [-0.2, -0.15) is 5.10 Å². The molecule has 0 unspecified atom stereocenters. The molecule has 2 aliphatic heterocycles. The van der Waals surface area contributed by atoms with Gasteiger partial charge in [0.25, 0.3) is 0 Å². The highest BCUT2D eigenvalue weighted by Gasteiger charge is 2.30. The number of rotatable bonds is 3. The summed E-state index contributed by atoms with van der Waals surface area (Å²) >= 11 is 0. The van der Waals surface area contributed by atoms with Crippen LogP contribution in [0.4, 0.5) is 0 Å². The summed E-state index contributed by atoms with van der Waals surface area (Å²) in [4.78, 5) is 14.8. The number of carbonyl (C=O) groups excluding carboxylic acids is 1. The summed E-state index contributed by atoms with van der Waals surface area (Å²) in [6.45, 7) is 1.94. The minimum Gasteiger partial charge on any atom is -0.486 e. The van der Waals surface area contributed by atoms with Crippen molar-refractivity contribution < 1.29 is 14.3 Å². The largest absolute Gasteiger partial charge is 0.486 e. The van der Waals surface area contributed by atoms with E-state index in [1.54, 1.807) is 4.68 Å². The van der Waals surface area contributed by atoms with E-state index in [0.29, 0.717) is 19.6 Å². The van der Waals surface area contributed by atoms with Crippen molar-refractivity contribution in [2.24, 2.45) is 7.05 Å². The maximum Gasteiger partial charge on any atom is 0.227 e. The molecule has 0 aliphatic carbocycles. The van der Waals surface area contributed by atoms with Crippen molar-refractivity contribution in [1.29, 1.82) is 0 Å². The third kappa shape index (κ3) is 2.84. The number of amides is 1. The number of likely N-dealkylation sites (tertiary alicyclic amines) is 1. The number of ether oxygens (including phenoxy) is 2. The molecule has 0 bridgehead atoms. The van der Waals surface area contributed by atoms with Gasteiger partial charge >= 0.3 is 0 Å². The van der Waals surface area contributed by atoms with E-state index in [-0.39, 0.29) is 11.9 Å². The van der Waals surface area contributed by atoms with E-state index in [1.165, 1.54) is 0 Å². The minimum atomic E-state index is 0.142. The fourth-order valence-corrected chi connectivity index (χ4v) is 3.50. The molecule has 126 valence electrons. The van der Waals surface area contributed by atoms with Crippen molar-refractivity contribution in [2.75, 3.05) is 19.8 Å². The molecule has 1 amide bonds. The van der Waals surface area contributed by atoms with Crippen LogP contribution < -0.4 is 9.47 Å². The van der Waals surface area contributed by atoms with Crippen LogP contribution in [0.3, 0.4) is 0 Å². The molecule has 1 atom stereocenters. The van der Waals surface area contributed by atoms with E-state index >= 15 is 0 Å². The van der Waals surface area contributed by atoms with Gasteiger partial charge in [0, 0.05) is 25.4 Å². The topological polar surface area (TPSA) is 56.6 Å². The highest BCUT2D eigenvalue weighted by molar-refractivity contribution is 5.79. The smallest absolute Gasteiger partial charge is 0.227 e. The lowest BCUT2D eigenvalue weighted by Gasteiger charge is -2.24. The van der Waals surface area contributed by atoms with Crippen LogP contribution in [-0.4, -0.2) is 40.3 Å². The van der Waals surface area contributed by atoms with Gasteiger partial charge in [0.05, 0.1) is 18.7 Å². The van der Waals surface area contributed by atoms with Gasteiger partial charge in [-0.25, -0.2) is 0 Å². The van der Waals surface area contributed by atoms with E-state index in [4.69, 9.17) is 9.47 Å². The van der Waals surface area contributed by atoms with Crippen LogP contribution in [0.15, 0.2) is 30.6 Å². The second-order valence-corrected chi connectivity index (χ2v) is 6.35. The molecule has 2 aliphatic rings. The molecule has 2 aromatic rings. The lowest BCUT2D eigenvalue weighted by Crippen LogP contribution is -2.31. The summed E-state index contributed by atoms with van der Waals surface area (Å²) in [6.07, 6.45) is 6.28. The molecule has 0 radical (unpaired) electrons. The maximum atomic E-state index is 12.8. The quantitative estimate of drug-likeness (QED) is 0.866. The molecule has 0 saturated carbocycles. The third-order valence-electron chi connectivity index (χ3n) is 4.64. The number of nitrogens with zero attached hydrogens (tertiary/aromatic N) is 3. The summed E-state index contributed by atoms with van der Waals surface area (Å²) in [5.74, 6) is 1.64. The van der Waals surface area contributed by atoms with Crippen LogP contribution in [-0.2, 0) is 18.3 Å². The van der Waals surface area contributed by atoms with Crippen molar-refractivity contribution in [2.45, 2.75) is 25.3 Å². The molecule has 24 heavy (non-hydrogen) atoms. The first-order chi connectivity index (χ1) is 11.7. The summed E-state index contributed by atoms with van der Waals surface area (Å²) in [5, 5.41) is 4.24. The number of benzene rings is 1. The van der Waals surface area contributed by atoms with Crippen LogP contribution in [0.1, 0.15) is 30.0 Å². The predicted octanol–water partition coefficient (Wildman–Crippen LogP) is 2.10. The zero-order valence-electron chi connectivity index (χ0n) is 13.8. The zero-order valence-corrected chi connectivity index (χ0v) is 13.8. The molecule has 4 rings (SSSR count). The van der Waals surface area contributed by atoms with Crippen molar-refractivity contribution >= 4 is 5.91 Å². The second kappa shape index (κ2) is 6.19. The Morgan fingerprint density at radius 1 is 1.29 bits per heavy atom. The van der Waals surface area contributed by atoms with Crippen molar-refractivity contribution in [3.63, 3.8) is 0 Å². The average molecular weight is 327 g/mol. The zero-order chi connectivity index (χ0) is 16.5. The van der Waals surface area contributed by atoms with E-state index in [1.807, 2.05) is 42.5 Å². The molecule has 6 nitrogen and oxygen atoms in total. The number of carbonyl (C=O) groups is 1. The van der Waals surface area contributed by atoms with Gasteiger partial charge in [-0.3, -0.25) is 9.48 Å². The molecule has 1 saturated heterocycles. The standard InChI is InChI=1S/C18H21N3O3/c1-20-12-14(11-19-20)15-3-2-6-21(15)18(22)10-13-4-5-16-17(9-13)24-8-7-23-16/h4-5,9,11-12,15H,2-3,6-8,10H2,1H3/t15-/m0/s1. The van der Waals surface area contributed by atoms with Crippen molar-refractivity contribution in [3.05, 3.63) is 41.7 Å². The number of aryl methyl sites for hydroxylation is 1. The first-order valence-electron chi connectivity index (χ1n) is 8.37. The number of aromatic nitrogens is 2.